The number of hydrogen-bond donors (Lipinski definition) is 2. The summed E-state index contributed by atoms with van der Waals surface area (Å²) in [4.78, 5) is 10.8. The summed E-state index contributed by atoms with van der Waals surface area (Å²) in [6.07, 6.45) is 3.59. The Morgan fingerprint density at radius 2 is 2.33 bits per heavy atom. The molecule has 0 spiro atoms. The van der Waals surface area contributed by atoms with E-state index in [1.807, 2.05) is 0 Å². The molecule has 1 aliphatic rings. The Labute approximate surface area is 87.1 Å². The van der Waals surface area contributed by atoms with Gasteiger partial charge in [-0.1, -0.05) is 18.1 Å². The van der Waals surface area contributed by atoms with Crippen LogP contribution in [-0.2, 0) is 13.1 Å². The Kier molecular flexibility index (Phi) is 2.68. The molecule has 3 N–H and O–H groups in total. The summed E-state index contributed by atoms with van der Waals surface area (Å²) in [5, 5.41) is 16.3. The zero-order valence-electron chi connectivity index (χ0n) is 8.39. The fourth-order valence-electron chi connectivity index (χ4n) is 1.59. The van der Waals surface area contributed by atoms with Crippen LogP contribution < -0.4 is 5.73 Å². The summed E-state index contributed by atoms with van der Waals surface area (Å²) in [5.41, 5.74) is 5.99. The molecule has 1 aliphatic carbocycles. The van der Waals surface area contributed by atoms with Gasteiger partial charge in [-0.2, -0.15) is 0 Å². The van der Waals surface area contributed by atoms with Crippen molar-refractivity contribution >= 4 is 5.97 Å². The van der Waals surface area contributed by atoms with Crippen molar-refractivity contribution in [2.75, 3.05) is 0 Å². The van der Waals surface area contributed by atoms with Crippen LogP contribution in [0.25, 0.3) is 0 Å². The fraction of sp³-hybridized carbons (Fsp3) is 0.667. The Morgan fingerprint density at radius 3 is 2.87 bits per heavy atom. The average molecular weight is 210 g/mol. The van der Waals surface area contributed by atoms with Gasteiger partial charge < -0.3 is 10.8 Å². The van der Waals surface area contributed by atoms with Gasteiger partial charge in [-0.05, 0) is 12.3 Å². The monoisotopic (exact) mass is 210 g/mol. The van der Waals surface area contributed by atoms with Crippen molar-refractivity contribution in [2.24, 2.45) is 11.7 Å². The molecule has 0 aliphatic heterocycles. The number of carboxylic acids is 1. The van der Waals surface area contributed by atoms with Gasteiger partial charge in [0.25, 0.3) is 0 Å². The van der Waals surface area contributed by atoms with Crippen LogP contribution in [-0.4, -0.2) is 26.1 Å². The molecule has 0 bridgehead atoms. The zero-order chi connectivity index (χ0) is 10.8. The lowest BCUT2D eigenvalue weighted by molar-refractivity contribution is 0.0689. The van der Waals surface area contributed by atoms with Gasteiger partial charge in [0.2, 0.25) is 0 Å². The molecule has 0 atom stereocenters. The molecular weight excluding hydrogens is 196 g/mol. The number of aromatic nitrogens is 3. The number of aromatic carboxylic acids is 1. The molecule has 2 rings (SSSR count). The van der Waals surface area contributed by atoms with Crippen LogP contribution in [0, 0.1) is 5.92 Å². The van der Waals surface area contributed by atoms with Crippen LogP contribution in [0.2, 0.25) is 0 Å². The van der Waals surface area contributed by atoms with Crippen LogP contribution in [0.1, 0.15) is 35.4 Å². The van der Waals surface area contributed by atoms with Gasteiger partial charge in [0.1, 0.15) is 0 Å². The number of rotatable bonds is 5. The van der Waals surface area contributed by atoms with E-state index in [1.54, 1.807) is 4.68 Å². The van der Waals surface area contributed by atoms with Crippen molar-refractivity contribution < 1.29 is 9.90 Å². The predicted molar refractivity (Wildman–Crippen MR) is 52.2 cm³/mol. The van der Waals surface area contributed by atoms with Gasteiger partial charge in [-0.15, -0.1) is 5.10 Å². The van der Waals surface area contributed by atoms with Crippen LogP contribution in [0.15, 0.2) is 0 Å². The first kappa shape index (κ1) is 10.1. The molecule has 1 heterocycles. The van der Waals surface area contributed by atoms with Gasteiger partial charge >= 0.3 is 5.97 Å². The first-order chi connectivity index (χ1) is 7.22. The molecule has 0 unspecified atom stereocenters. The third-order valence-corrected chi connectivity index (χ3v) is 2.68. The van der Waals surface area contributed by atoms with Crippen molar-refractivity contribution in [1.82, 2.24) is 15.0 Å². The first-order valence-electron chi connectivity index (χ1n) is 5.08. The van der Waals surface area contributed by atoms with E-state index in [2.05, 4.69) is 10.3 Å². The minimum atomic E-state index is -1.06. The number of carbonyl (C=O) groups is 1. The smallest absolute Gasteiger partial charge is 0.358 e. The van der Waals surface area contributed by atoms with Crippen molar-refractivity contribution in [1.29, 1.82) is 0 Å². The topological polar surface area (TPSA) is 94.0 Å². The maximum Gasteiger partial charge on any atom is 0.358 e. The predicted octanol–water partition coefficient (Wildman–Crippen LogP) is 0.235. The third-order valence-electron chi connectivity index (χ3n) is 2.68. The highest BCUT2D eigenvalue weighted by molar-refractivity contribution is 5.86. The number of carboxylic acid groups (broad SMARTS) is 1. The molecule has 0 radical (unpaired) electrons. The molecule has 0 saturated heterocycles. The molecule has 1 aromatic rings. The Bertz CT molecular complexity index is 370. The first-order valence-corrected chi connectivity index (χ1v) is 5.08. The minimum absolute atomic E-state index is 0.0201. The van der Waals surface area contributed by atoms with E-state index in [1.165, 1.54) is 12.8 Å². The molecule has 1 fully saturated rings. The van der Waals surface area contributed by atoms with Crippen molar-refractivity contribution in [3.05, 3.63) is 11.4 Å². The van der Waals surface area contributed by atoms with E-state index in [4.69, 9.17) is 10.8 Å². The average Bonchev–Trinajstić information content (AvgIpc) is 2.93. The lowest BCUT2D eigenvalue weighted by Crippen LogP contribution is -2.12. The molecule has 1 aromatic heterocycles. The lowest BCUT2D eigenvalue weighted by Gasteiger charge is -2.03. The largest absolute Gasteiger partial charge is 0.476 e. The molecule has 82 valence electrons. The molecule has 6 heteroatoms. The normalized spacial score (nSPS) is 15.5. The van der Waals surface area contributed by atoms with Gasteiger partial charge in [-0.25, -0.2) is 9.48 Å². The van der Waals surface area contributed by atoms with Crippen LogP contribution in [0.3, 0.4) is 0 Å². The van der Waals surface area contributed by atoms with Gasteiger partial charge in [0.15, 0.2) is 5.69 Å². The number of nitrogens with two attached hydrogens (primary N) is 1. The highest BCUT2D eigenvalue weighted by Crippen LogP contribution is 2.32. The van der Waals surface area contributed by atoms with E-state index in [-0.39, 0.29) is 12.2 Å². The van der Waals surface area contributed by atoms with Gasteiger partial charge in [0, 0.05) is 13.1 Å². The summed E-state index contributed by atoms with van der Waals surface area (Å²) in [6, 6.07) is 0. The van der Waals surface area contributed by atoms with E-state index in [0.717, 1.165) is 18.9 Å². The van der Waals surface area contributed by atoms with Crippen molar-refractivity contribution in [3.63, 3.8) is 0 Å². The molecule has 0 aromatic carbocycles. The van der Waals surface area contributed by atoms with E-state index in [9.17, 15) is 4.79 Å². The maximum atomic E-state index is 10.8. The zero-order valence-corrected chi connectivity index (χ0v) is 8.39. The molecule has 15 heavy (non-hydrogen) atoms. The van der Waals surface area contributed by atoms with Crippen LogP contribution >= 0.6 is 0 Å². The molecule has 0 amide bonds. The van der Waals surface area contributed by atoms with E-state index < -0.39 is 5.97 Å². The van der Waals surface area contributed by atoms with Crippen molar-refractivity contribution in [3.8, 4) is 0 Å². The summed E-state index contributed by atoms with van der Waals surface area (Å²) in [7, 11) is 0. The Hall–Kier alpha value is -1.43. The second-order valence-electron chi connectivity index (χ2n) is 3.85. The van der Waals surface area contributed by atoms with Crippen LogP contribution in [0.5, 0.6) is 0 Å². The van der Waals surface area contributed by atoms with Crippen LogP contribution in [0.4, 0.5) is 0 Å². The summed E-state index contributed by atoms with van der Waals surface area (Å²) in [6.45, 7) is 0.886. The molecular formula is C9H14N4O2. The van der Waals surface area contributed by atoms with E-state index in [0.29, 0.717) is 5.69 Å². The standard InChI is InChI=1S/C9H14N4O2/c10-5-7-8(9(14)15)11-12-13(7)4-3-6-1-2-6/h6H,1-5,10H2,(H,14,15). The van der Waals surface area contributed by atoms with E-state index >= 15 is 0 Å². The molecule has 6 nitrogen and oxygen atoms in total. The van der Waals surface area contributed by atoms with Crippen molar-refractivity contribution in [2.45, 2.75) is 32.4 Å². The number of nitrogens with zero attached hydrogens (tertiary/aromatic N) is 3. The van der Waals surface area contributed by atoms with Gasteiger partial charge in [-0.3, -0.25) is 0 Å². The molecule has 1 saturated carbocycles. The quantitative estimate of drug-likeness (QED) is 0.725. The SMILES string of the molecule is NCc1c(C(=O)O)nnn1CCC1CC1. The second-order valence-corrected chi connectivity index (χ2v) is 3.85. The highest BCUT2D eigenvalue weighted by Gasteiger charge is 2.23. The highest BCUT2D eigenvalue weighted by atomic mass is 16.4. The number of aryl methyl sites for hydroxylation is 1. The number of hydrogen-bond acceptors (Lipinski definition) is 4. The van der Waals surface area contributed by atoms with Gasteiger partial charge in [0.05, 0.1) is 5.69 Å². The summed E-state index contributed by atoms with van der Waals surface area (Å²) >= 11 is 0. The summed E-state index contributed by atoms with van der Waals surface area (Å²) in [5.74, 6) is -0.277. The maximum absolute atomic E-state index is 10.8. The lowest BCUT2D eigenvalue weighted by atomic mass is 10.2. The Balaban J connectivity index is 2.11. The summed E-state index contributed by atoms with van der Waals surface area (Å²) < 4.78 is 1.61. The Morgan fingerprint density at radius 1 is 1.60 bits per heavy atom. The third kappa shape index (κ3) is 2.15. The fourth-order valence-corrected chi connectivity index (χ4v) is 1.59. The second kappa shape index (κ2) is 3.98. The minimum Gasteiger partial charge on any atom is -0.476 e.